The SMILES string of the molecule is COC(=O)c1cccc(C(CC(F)(C(F)(F)F)C(F)(F)F)OC)c1. The zero-order chi connectivity index (χ0) is 18.8. The monoisotopic (exact) mass is 362 g/mol. The van der Waals surface area contributed by atoms with Gasteiger partial charge in [-0.15, -0.1) is 0 Å². The van der Waals surface area contributed by atoms with Crippen molar-refractivity contribution < 1.29 is 45.0 Å². The van der Waals surface area contributed by atoms with Gasteiger partial charge in [-0.2, -0.15) is 26.3 Å². The van der Waals surface area contributed by atoms with E-state index < -0.39 is 36.5 Å². The summed E-state index contributed by atoms with van der Waals surface area (Å²) >= 11 is 0. The fourth-order valence-electron chi connectivity index (χ4n) is 1.97. The van der Waals surface area contributed by atoms with Crippen molar-refractivity contribution in [2.24, 2.45) is 0 Å². The Morgan fingerprint density at radius 2 is 1.58 bits per heavy atom. The number of benzene rings is 1. The van der Waals surface area contributed by atoms with Crippen LogP contribution in [0.3, 0.4) is 0 Å². The summed E-state index contributed by atoms with van der Waals surface area (Å²) in [5.41, 5.74) is -5.81. The van der Waals surface area contributed by atoms with E-state index in [1.165, 1.54) is 12.1 Å². The maximum Gasteiger partial charge on any atom is 0.431 e. The molecule has 0 aliphatic heterocycles. The van der Waals surface area contributed by atoms with Crippen LogP contribution in [-0.2, 0) is 9.47 Å². The molecular formula is C14H13F7O3. The highest BCUT2D eigenvalue weighted by Gasteiger charge is 2.72. The average molecular weight is 362 g/mol. The highest BCUT2D eigenvalue weighted by molar-refractivity contribution is 5.89. The topological polar surface area (TPSA) is 35.5 Å². The molecule has 0 spiro atoms. The molecule has 1 atom stereocenters. The lowest BCUT2D eigenvalue weighted by atomic mass is 9.92. The van der Waals surface area contributed by atoms with Crippen molar-refractivity contribution in [3.63, 3.8) is 0 Å². The van der Waals surface area contributed by atoms with E-state index in [2.05, 4.69) is 9.47 Å². The fraction of sp³-hybridized carbons (Fsp3) is 0.500. The van der Waals surface area contributed by atoms with Gasteiger partial charge in [-0.25, -0.2) is 9.18 Å². The van der Waals surface area contributed by atoms with Gasteiger partial charge in [0.25, 0.3) is 0 Å². The van der Waals surface area contributed by atoms with Crippen LogP contribution in [0.15, 0.2) is 24.3 Å². The van der Waals surface area contributed by atoms with Crippen molar-refractivity contribution >= 4 is 5.97 Å². The predicted molar refractivity (Wildman–Crippen MR) is 68.1 cm³/mol. The Hall–Kier alpha value is -1.84. The number of esters is 1. The third-order valence-electron chi connectivity index (χ3n) is 3.33. The van der Waals surface area contributed by atoms with Gasteiger partial charge in [-0.3, -0.25) is 0 Å². The second-order valence-corrected chi connectivity index (χ2v) is 4.84. The molecule has 0 aliphatic rings. The lowest BCUT2D eigenvalue weighted by Gasteiger charge is -2.32. The minimum atomic E-state index is -6.18. The van der Waals surface area contributed by atoms with Crippen molar-refractivity contribution in [1.82, 2.24) is 0 Å². The van der Waals surface area contributed by atoms with Crippen molar-refractivity contribution in [1.29, 1.82) is 0 Å². The number of hydrogen-bond acceptors (Lipinski definition) is 3. The van der Waals surface area contributed by atoms with Crippen LogP contribution < -0.4 is 0 Å². The van der Waals surface area contributed by atoms with E-state index in [1.807, 2.05) is 0 Å². The van der Waals surface area contributed by atoms with Gasteiger partial charge in [-0.05, 0) is 17.7 Å². The number of halogens is 7. The van der Waals surface area contributed by atoms with Gasteiger partial charge in [-0.1, -0.05) is 12.1 Å². The van der Waals surface area contributed by atoms with Crippen LogP contribution in [0.4, 0.5) is 30.7 Å². The molecule has 0 aromatic heterocycles. The lowest BCUT2D eigenvalue weighted by Crippen LogP contribution is -2.54. The van der Waals surface area contributed by atoms with Gasteiger partial charge in [0.15, 0.2) is 0 Å². The maximum absolute atomic E-state index is 13.8. The van der Waals surface area contributed by atoms with Gasteiger partial charge < -0.3 is 9.47 Å². The molecule has 0 bridgehead atoms. The second kappa shape index (κ2) is 6.96. The zero-order valence-electron chi connectivity index (χ0n) is 12.5. The van der Waals surface area contributed by atoms with Crippen LogP contribution in [-0.4, -0.2) is 38.2 Å². The summed E-state index contributed by atoms with van der Waals surface area (Å²) in [5.74, 6) is -0.857. The Bertz CT molecular complexity index is 566. The Morgan fingerprint density at radius 3 is 2.00 bits per heavy atom. The number of rotatable bonds is 5. The largest absolute Gasteiger partial charge is 0.465 e. The van der Waals surface area contributed by atoms with Crippen molar-refractivity contribution in [2.45, 2.75) is 30.5 Å². The molecule has 1 rings (SSSR count). The van der Waals surface area contributed by atoms with Crippen LogP contribution in [0.25, 0.3) is 0 Å². The smallest absolute Gasteiger partial charge is 0.431 e. The van der Waals surface area contributed by atoms with Crippen LogP contribution in [0.5, 0.6) is 0 Å². The second-order valence-electron chi connectivity index (χ2n) is 4.84. The fourth-order valence-corrected chi connectivity index (χ4v) is 1.97. The summed E-state index contributed by atoms with van der Waals surface area (Å²) < 4.78 is 98.7. The molecule has 24 heavy (non-hydrogen) atoms. The van der Waals surface area contributed by atoms with Gasteiger partial charge in [0.1, 0.15) is 0 Å². The van der Waals surface area contributed by atoms with Crippen LogP contribution in [0.2, 0.25) is 0 Å². The summed E-state index contributed by atoms with van der Waals surface area (Å²) in [6.07, 6.45) is -16.3. The summed E-state index contributed by atoms with van der Waals surface area (Å²) in [6.45, 7) is 0. The van der Waals surface area contributed by atoms with Crippen LogP contribution in [0, 0.1) is 0 Å². The number of methoxy groups -OCH3 is 2. The minimum Gasteiger partial charge on any atom is -0.465 e. The predicted octanol–water partition coefficient (Wildman–Crippen LogP) is 4.38. The Balaban J connectivity index is 3.25. The van der Waals surface area contributed by atoms with E-state index in [0.717, 1.165) is 26.4 Å². The first-order chi connectivity index (χ1) is 10.9. The molecule has 136 valence electrons. The van der Waals surface area contributed by atoms with Crippen molar-refractivity contribution in [3.8, 4) is 0 Å². The Labute approximate surface area is 132 Å². The first-order valence-electron chi connectivity index (χ1n) is 6.41. The normalized spacial score (nSPS) is 14.4. The maximum atomic E-state index is 13.8. The van der Waals surface area contributed by atoms with Crippen LogP contribution in [0.1, 0.15) is 28.4 Å². The van der Waals surface area contributed by atoms with E-state index in [9.17, 15) is 35.5 Å². The van der Waals surface area contributed by atoms with Gasteiger partial charge in [0, 0.05) is 13.5 Å². The molecule has 0 saturated carbocycles. The van der Waals surface area contributed by atoms with E-state index in [-0.39, 0.29) is 11.1 Å². The summed E-state index contributed by atoms with van der Waals surface area (Å²) in [6, 6.07) is 4.54. The van der Waals surface area contributed by atoms with Crippen molar-refractivity contribution in [3.05, 3.63) is 35.4 Å². The molecule has 0 heterocycles. The standard InChI is InChI=1S/C14H13F7O3/c1-23-10(7-12(15,13(16,17)18)14(19,20)21)8-4-3-5-9(6-8)11(22)24-2/h3-6,10H,7H2,1-2H3. The number of carbonyl (C=O) groups is 1. The van der Waals surface area contributed by atoms with Crippen molar-refractivity contribution in [2.75, 3.05) is 14.2 Å². The first kappa shape index (κ1) is 20.2. The molecule has 3 nitrogen and oxygen atoms in total. The minimum absolute atomic E-state index is 0.125. The molecule has 1 unspecified atom stereocenters. The van der Waals surface area contributed by atoms with Gasteiger partial charge in [0.05, 0.1) is 18.8 Å². The molecular weight excluding hydrogens is 349 g/mol. The lowest BCUT2D eigenvalue weighted by molar-refractivity contribution is -0.348. The summed E-state index contributed by atoms with van der Waals surface area (Å²) in [7, 11) is 1.88. The molecule has 1 aromatic carbocycles. The molecule has 0 saturated heterocycles. The average Bonchev–Trinajstić information content (AvgIpc) is 2.49. The first-order valence-corrected chi connectivity index (χ1v) is 6.41. The van der Waals surface area contributed by atoms with E-state index >= 15 is 0 Å². The summed E-state index contributed by atoms with van der Waals surface area (Å²) in [4.78, 5) is 11.4. The highest BCUT2D eigenvalue weighted by Crippen LogP contribution is 2.51. The van der Waals surface area contributed by atoms with Gasteiger partial charge >= 0.3 is 24.0 Å². The zero-order valence-corrected chi connectivity index (χ0v) is 12.5. The number of ether oxygens (including phenoxy) is 2. The summed E-state index contributed by atoms with van der Waals surface area (Å²) in [5, 5.41) is 0. The molecule has 1 aromatic rings. The molecule has 0 fully saturated rings. The molecule has 0 N–H and O–H groups in total. The van der Waals surface area contributed by atoms with E-state index in [0.29, 0.717) is 0 Å². The number of carbonyl (C=O) groups excluding carboxylic acids is 1. The van der Waals surface area contributed by atoms with E-state index in [4.69, 9.17) is 0 Å². The van der Waals surface area contributed by atoms with Crippen LogP contribution >= 0.6 is 0 Å². The molecule has 0 amide bonds. The quantitative estimate of drug-likeness (QED) is 0.576. The van der Waals surface area contributed by atoms with E-state index in [1.54, 1.807) is 0 Å². The third kappa shape index (κ3) is 3.97. The Kier molecular flexibility index (Phi) is 5.86. The molecule has 10 heteroatoms. The Morgan fingerprint density at radius 1 is 1.04 bits per heavy atom. The van der Waals surface area contributed by atoms with Gasteiger partial charge in [0.2, 0.25) is 0 Å². The number of alkyl halides is 7. The highest BCUT2D eigenvalue weighted by atomic mass is 19.4. The molecule has 0 radical (unpaired) electrons. The third-order valence-corrected chi connectivity index (χ3v) is 3.33. The number of hydrogen-bond donors (Lipinski definition) is 0. The molecule has 0 aliphatic carbocycles.